The van der Waals surface area contributed by atoms with Crippen LogP contribution in [-0.4, -0.2) is 41.7 Å². The topological polar surface area (TPSA) is 118 Å². The number of hydrogen-bond acceptors (Lipinski definition) is 8. The zero-order chi connectivity index (χ0) is 34.2. The van der Waals surface area contributed by atoms with E-state index < -0.39 is 35.4 Å². The molecule has 4 aromatic rings. The second-order valence-electron chi connectivity index (χ2n) is 12.6. The molecule has 2 N–H and O–H groups in total. The Kier molecular flexibility index (Phi) is 7.63. The molecule has 8 rings (SSSR count). The summed E-state index contributed by atoms with van der Waals surface area (Å²) in [6.45, 7) is -0.260. The summed E-state index contributed by atoms with van der Waals surface area (Å²) >= 11 is 2.62. The van der Waals surface area contributed by atoms with Crippen molar-refractivity contribution in [3.8, 4) is 11.5 Å². The number of thioether (sulfide) groups is 1. The van der Waals surface area contributed by atoms with Gasteiger partial charge in [-0.1, -0.05) is 41.7 Å². The van der Waals surface area contributed by atoms with Gasteiger partial charge in [-0.2, -0.15) is 13.2 Å². The maximum absolute atomic E-state index is 14.0. The van der Waals surface area contributed by atoms with E-state index in [1.54, 1.807) is 18.2 Å². The van der Waals surface area contributed by atoms with Crippen LogP contribution in [0.2, 0.25) is 0 Å². The van der Waals surface area contributed by atoms with Crippen LogP contribution < -0.4 is 24.6 Å². The Morgan fingerprint density at radius 1 is 0.959 bits per heavy atom. The maximum Gasteiger partial charge on any atom is 0.416 e. The fourth-order valence-electron chi connectivity index (χ4n) is 8.32. The molecule has 1 aromatic heterocycles. The van der Waals surface area contributed by atoms with Crippen molar-refractivity contribution < 1.29 is 37.0 Å². The highest BCUT2D eigenvalue weighted by atomic mass is 32.2. The van der Waals surface area contributed by atoms with Crippen LogP contribution in [0.15, 0.2) is 82.6 Å². The van der Waals surface area contributed by atoms with Gasteiger partial charge in [0.25, 0.3) is 5.91 Å². The summed E-state index contributed by atoms with van der Waals surface area (Å²) in [6.07, 6.45) is -4.00. The molecule has 2 aliphatic heterocycles. The largest absolute Gasteiger partial charge is 0.493 e. The third-order valence-electron chi connectivity index (χ3n) is 10.1. The summed E-state index contributed by atoms with van der Waals surface area (Å²) in [5.41, 5.74) is 0.451. The number of halogens is 3. The molecule has 1 saturated heterocycles. The summed E-state index contributed by atoms with van der Waals surface area (Å²) in [6, 6.07) is 18.7. The molecule has 4 aliphatic rings. The predicted molar refractivity (Wildman–Crippen MR) is 176 cm³/mol. The molecule has 3 amide bonds. The van der Waals surface area contributed by atoms with Crippen molar-refractivity contribution in [3.63, 3.8) is 0 Å². The Morgan fingerprint density at radius 2 is 1.71 bits per heavy atom. The highest BCUT2D eigenvalue weighted by Crippen LogP contribution is 2.69. The molecule has 7 atom stereocenters. The lowest BCUT2D eigenvalue weighted by molar-refractivity contribution is -0.137. The van der Waals surface area contributed by atoms with Crippen molar-refractivity contribution in [2.75, 3.05) is 23.9 Å². The summed E-state index contributed by atoms with van der Waals surface area (Å²) in [5, 5.41) is 3.37. The number of anilines is 2. The van der Waals surface area contributed by atoms with E-state index in [1.165, 1.54) is 31.0 Å². The number of H-pyrrole nitrogens is 1. The number of carbonyl (C=O) groups excluding carboxylic acids is 3. The number of alkyl halides is 3. The summed E-state index contributed by atoms with van der Waals surface area (Å²) in [5.74, 6) is -2.80. The second kappa shape index (κ2) is 11.8. The Balaban J connectivity index is 1.10. The average molecular weight is 708 g/mol. The average Bonchev–Trinajstić information content (AvgIpc) is 3.82. The van der Waals surface area contributed by atoms with Gasteiger partial charge in [0.2, 0.25) is 11.8 Å². The number of ether oxygens (including phenoxy) is 2. The van der Waals surface area contributed by atoms with Gasteiger partial charge < -0.3 is 19.8 Å². The molecule has 3 heterocycles. The van der Waals surface area contributed by atoms with Crippen LogP contribution in [0, 0.1) is 29.6 Å². The molecule has 2 bridgehead atoms. The SMILES string of the molecule is COc1cc([C@@H]2c3sc(=O)[nH]c3S[C@@H]3[C@@H]4C[C@@H]([C@@H]5C(=O)N(c6cccc(C(F)(F)F)c6)C(=O)[C@@H]45)[C@H]23)ccc1OCC(=O)Nc1ccccc1. The van der Waals surface area contributed by atoms with Gasteiger partial charge in [-0.3, -0.25) is 24.1 Å². The molecule has 49 heavy (non-hydrogen) atoms. The fraction of sp³-hybridized carbons (Fsp3) is 0.314. The minimum atomic E-state index is -4.62. The van der Waals surface area contributed by atoms with E-state index in [0.717, 1.165) is 38.8 Å². The van der Waals surface area contributed by atoms with Gasteiger partial charge in [0.05, 0.1) is 35.2 Å². The fourth-order valence-corrected chi connectivity index (χ4v) is 11.2. The van der Waals surface area contributed by atoms with Crippen LogP contribution in [-0.2, 0) is 20.6 Å². The van der Waals surface area contributed by atoms with Gasteiger partial charge in [0.15, 0.2) is 18.1 Å². The van der Waals surface area contributed by atoms with Gasteiger partial charge in [-0.05, 0) is 72.2 Å². The lowest BCUT2D eigenvalue weighted by atomic mass is 9.68. The first-order valence-electron chi connectivity index (χ1n) is 15.6. The highest BCUT2D eigenvalue weighted by molar-refractivity contribution is 8.00. The van der Waals surface area contributed by atoms with Crippen LogP contribution >= 0.6 is 23.1 Å². The molecule has 0 spiro atoms. The number of methoxy groups -OCH3 is 1. The number of thiazole rings is 1. The number of amides is 3. The number of imide groups is 1. The minimum absolute atomic E-state index is 0.0768. The second-order valence-corrected chi connectivity index (χ2v) is 14.8. The highest BCUT2D eigenvalue weighted by Gasteiger charge is 2.69. The Hall–Kier alpha value is -4.56. The Bertz CT molecular complexity index is 2050. The van der Waals surface area contributed by atoms with Gasteiger partial charge in [-0.15, -0.1) is 11.8 Å². The van der Waals surface area contributed by atoms with Crippen LogP contribution in [0.25, 0.3) is 0 Å². The van der Waals surface area contributed by atoms with Crippen molar-refractivity contribution in [2.45, 2.75) is 28.8 Å². The Labute approximate surface area is 285 Å². The van der Waals surface area contributed by atoms with Gasteiger partial charge in [-0.25, -0.2) is 0 Å². The maximum atomic E-state index is 14.0. The number of nitrogens with zero attached hydrogens (tertiary/aromatic N) is 1. The zero-order valence-corrected chi connectivity index (χ0v) is 27.4. The van der Waals surface area contributed by atoms with Crippen molar-refractivity contribution in [2.24, 2.45) is 29.6 Å². The number of fused-ring (bicyclic) bond motifs is 9. The number of hydrogen-bond donors (Lipinski definition) is 2. The van der Waals surface area contributed by atoms with Crippen molar-refractivity contribution in [1.82, 2.24) is 4.98 Å². The number of aromatic nitrogens is 1. The van der Waals surface area contributed by atoms with E-state index in [1.807, 2.05) is 30.3 Å². The molecule has 3 fully saturated rings. The molecule has 2 aliphatic carbocycles. The Morgan fingerprint density at radius 3 is 2.45 bits per heavy atom. The zero-order valence-electron chi connectivity index (χ0n) is 25.7. The molecule has 2 saturated carbocycles. The van der Waals surface area contributed by atoms with E-state index in [2.05, 4.69) is 10.3 Å². The number of benzene rings is 3. The van der Waals surface area contributed by atoms with E-state index in [9.17, 15) is 32.3 Å². The molecular formula is C35H28F3N3O6S2. The molecule has 14 heteroatoms. The first kappa shape index (κ1) is 31.7. The standard InChI is InChI=1S/C35H28F3N3O6S2/c1-46-23-12-16(10-11-22(23)47-15-24(42)39-18-7-3-2-4-8-18)25-26-20-14-21(29(26)48-31-30(25)49-34(45)40-31)28-27(20)32(43)41(33(28)44)19-9-5-6-17(13-19)35(36,37)38/h2-13,20-21,25-29H,14-15H2,1H3,(H,39,42)(H,40,45)/t20-,21-,25+,26-,27+,28+,29-/m1/s1. The number of carbonyl (C=O) groups is 3. The summed E-state index contributed by atoms with van der Waals surface area (Å²) < 4.78 is 52.1. The normalized spacial score (nSPS) is 26.7. The molecular weight excluding hydrogens is 680 g/mol. The summed E-state index contributed by atoms with van der Waals surface area (Å²) in [4.78, 5) is 57.6. The molecule has 252 valence electrons. The van der Waals surface area contributed by atoms with E-state index in [0.29, 0.717) is 28.6 Å². The van der Waals surface area contributed by atoms with Gasteiger partial charge in [0, 0.05) is 21.7 Å². The molecule has 9 nitrogen and oxygen atoms in total. The van der Waals surface area contributed by atoms with Gasteiger partial charge >= 0.3 is 11.0 Å². The number of aromatic amines is 1. The van der Waals surface area contributed by atoms with Crippen LogP contribution in [0.4, 0.5) is 24.5 Å². The quantitative estimate of drug-likeness (QED) is 0.221. The lowest BCUT2D eigenvalue weighted by Gasteiger charge is -2.43. The first-order chi connectivity index (χ1) is 23.5. The number of nitrogens with one attached hydrogen (secondary N) is 2. The van der Waals surface area contributed by atoms with Crippen LogP contribution in [0.3, 0.4) is 0 Å². The third kappa shape index (κ3) is 5.23. The van der Waals surface area contributed by atoms with Crippen molar-refractivity contribution in [3.05, 3.63) is 98.5 Å². The van der Waals surface area contributed by atoms with Gasteiger partial charge in [0.1, 0.15) is 0 Å². The van der Waals surface area contributed by atoms with Crippen molar-refractivity contribution in [1.29, 1.82) is 0 Å². The minimum Gasteiger partial charge on any atom is -0.493 e. The first-order valence-corrected chi connectivity index (χ1v) is 17.3. The monoisotopic (exact) mass is 707 g/mol. The summed E-state index contributed by atoms with van der Waals surface area (Å²) in [7, 11) is 1.49. The lowest BCUT2D eigenvalue weighted by Crippen LogP contribution is -2.42. The van der Waals surface area contributed by atoms with Crippen LogP contribution in [0.1, 0.15) is 28.3 Å². The number of rotatable bonds is 7. The molecule has 0 unspecified atom stereocenters. The van der Waals surface area contributed by atoms with E-state index in [4.69, 9.17) is 9.47 Å². The number of para-hydroxylation sites is 1. The van der Waals surface area contributed by atoms with E-state index in [-0.39, 0.29) is 52.0 Å². The van der Waals surface area contributed by atoms with Crippen molar-refractivity contribution >= 4 is 52.2 Å². The molecule has 3 aromatic carbocycles. The predicted octanol–water partition coefficient (Wildman–Crippen LogP) is 6.16. The van der Waals surface area contributed by atoms with E-state index >= 15 is 0 Å². The third-order valence-corrected chi connectivity index (χ3v) is 12.7. The van der Waals surface area contributed by atoms with Crippen LogP contribution in [0.5, 0.6) is 11.5 Å². The molecule has 0 radical (unpaired) electrons. The smallest absolute Gasteiger partial charge is 0.416 e.